The fourth-order valence-corrected chi connectivity index (χ4v) is 3.94. The molecule has 100 valence electrons. The van der Waals surface area contributed by atoms with Crippen LogP contribution >= 0.6 is 11.3 Å². The maximum absolute atomic E-state index is 6.07. The first-order valence-corrected chi connectivity index (χ1v) is 8.02. The minimum atomic E-state index is 0.782. The van der Waals surface area contributed by atoms with E-state index in [0.29, 0.717) is 0 Å². The standard InChI is InChI=1S/C17H21NS/c1-12-11-16(17(18)19-12)15-9-7-14(8-10-15)13-5-3-2-4-6-13/h7-11,13H,2-6,18H2,1H3. The van der Waals surface area contributed by atoms with E-state index in [1.807, 2.05) is 0 Å². The van der Waals surface area contributed by atoms with Crippen molar-refractivity contribution in [1.82, 2.24) is 0 Å². The zero-order valence-electron chi connectivity index (χ0n) is 11.5. The molecule has 0 radical (unpaired) electrons. The zero-order chi connectivity index (χ0) is 13.2. The molecule has 0 spiro atoms. The molecule has 1 aromatic carbocycles. The number of hydrogen-bond acceptors (Lipinski definition) is 2. The lowest BCUT2D eigenvalue weighted by Gasteiger charge is -2.22. The lowest BCUT2D eigenvalue weighted by molar-refractivity contribution is 0.443. The molecule has 0 unspecified atom stereocenters. The van der Waals surface area contributed by atoms with Gasteiger partial charge in [0.25, 0.3) is 0 Å². The Morgan fingerprint density at radius 3 is 2.32 bits per heavy atom. The lowest BCUT2D eigenvalue weighted by atomic mass is 9.84. The van der Waals surface area contributed by atoms with Gasteiger partial charge in [-0.1, -0.05) is 43.5 Å². The van der Waals surface area contributed by atoms with Crippen molar-refractivity contribution in [1.29, 1.82) is 0 Å². The van der Waals surface area contributed by atoms with E-state index in [2.05, 4.69) is 37.3 Å². The van der Waals surface area contributed by atoms with Crippen LogP contribution in [0.25, 0.3) is 11.1 Å². The Balaban J connectivity index is 1.84. The van der Waals surface area contributed by atoms with Crippen LogP contribution in [0.15, 0.2) is 30.3 Å². The van der Waals surface area contributed by atoms with Crippen LogP contribution in [0.5, 0.6) is 0 Å². The van der Waals surface area contributed by atoms with Crippen molar-refractivity contribution in [2.24, 2.45) is 0 Å². The third kappa shape index (κ3) is 2.69. The summed E-state index contributed by atoms with van der Waals surface area (Å²) in [7, 11) is 0. The summed E-state index contributed by atoms with van der Waals surface area (Å²) in [5, 5.41) is 0.933. The smallest absolute Gasteiger partial charge is 0.0938 e. The quantitative estimate of drug-likeness (QED) is 0.782. The van der Waals surface area contributed by atoms with Crippen molar-refractivity contribution in [3.05, 3.63) is 40.8 Å². The second kappa shape index (κ2) is 5.38. The van der Waals surface area contributed by atoms with Crippen molar-refractivity contribution in [2.45, 2.75) is 44.9 Å². The van der Waals surface area contributed by atoms with E-state index in [1.165, 1.54) is 53.7 Å². The first kappa shape index (κ1) is 12.7. The monoisotopic (exact) mass is 271 g/mol. The molecule has 3 rings (SSSR count). The van der Waals surface area contributed by atoms with Crippen molar-refractivity contribution in [3.8, 4) is 11.1 Å². The molecular formula is C17H21NS. The van der Waals surface area contributed by atoms with Gasteiger partial charge in [-0.05, 0) is 42.9 Å². The molecule has 0 saturated heterocycles. The van der Waals surface area contributed by atoms with Crippen LogP contribution in [0.3, 0.4) is 0 Å². The van der Waals surface area contributed by atoms with Crippen LogP contribution in [0.1, 0.15) is 48.5 Å². The molecular weight excluding hydrogens is 250 g/mol. The molecule has 2 N–H and O–H groups in total. The number of benzene rings is 1. The molecule has 1 aliphatic rings. The maximum Gasteiger partial charge on any atom is 0.0938 e. The van der Waals surface area contributed by atoms with Gasteiger partial charge in [-0.2, -0.15) is 0 Å². The number of nitrogens with two attached hydrogens (primary N) is 1. The number of hydrogen-bond donors (Lipinski definition) is 1. The lowest BCUT2D eigenvalue weighted by Crippen LogP contribution is -2.04. The van der Waals surface area contributed by atoms with Crippen molar-refractivity contribution < 1.29 is 0 Å². The van der Waals surface area contributed by atoms with E-state index >= 15 is 0 Å². The molecule has 1 heterocycles. The Bertz CT molecular complexity index is 547. The highest BCUT2D eigenvalue weighted by molar-refractivity contribution is 7.16. The van der Waals surface area contributed by atoms with Gasteiger partial charge >= 0.3 is 0 Å². The fraction of sp³-hybridized carbons (Fsp3) is 0.412. The molecule has 0 amide bonds. The first-order valence-electron chi connectivity index (χ1n) is 7.20. The molecule has 1 saturated carbocycles. The Hall–Kier alpha value is -1.28. The minimum Gasteiger partial charge on any atom is -0.390 e. The van der Waals surface area contributed by atoms with Crippen LogP contribution in [-0.2, 0) is 0 Å². The van der Waals surface area contributed by atoms with Gasteiger partial charge < -0.3 is 5.73 Å². The number of nitrogen functional groups attached to an aromatic ring is 1. The SMILES string of the molecule is Cc1cc(-c2ccc(C3CCCCC3)cc2)c(N)s1. The first-order chi connectivity index (χ1) is 9.24. The number of thiophene rings is 1. The second-order valence-electron chi connectivity index (χ2n) is 5.59. The second-order valence-corrected chi connectivity index (χ2v) is 6.88. The summed E-state index contributed by atoms with van der Waals surface area (Å²) < 4.78 is 0. The van der Waals surface area contributed by atoms with Crippen molar-refractivity contribution >= 4 is 16.3 Å². The summed E-state index contributed by atoms with van der Waals surface area (Å²) >= 11 is 1.67. The van der Waals surface area contributed by atoms with E-state index in [0.717, 1.165) is 10.9 Å². The van der Waals surface area contributed by atoms with Gasteiger partial charge in [0.05, 0.1) is 5.00 Å². The van der Waals surface area contributed by atoms with Gasteiger partial charge in [-0.3, -0.25) is 0 Å². The predicted octanol–water partition coefficient (Wildman–Crippen LogP) is 5.35. The highest BCUT2D eigenvalue weighted by Crippen LogP contribution is 2.36. The molecule has 1 aromatic heterocycles. The maximum atomic E-state index is 6.07. The van der Waals surface area contributed by atoms with E-state index in [-0.39, 0.29) is 0 Å². The zero-order valence-corrected chi connectivity index (χ0v) is 12.3. The van der Waals surface area contributed by atoms with E-state index in [9.17, 15) is 0 Å². The summed E-state index contributed by atoms with van der Waals surface area (Å²) in [6.07, 6.45) is 6.92. The van der Waals surface area contributed by atoms with Crippen molar-refractivity contribution in [2.75, 3.05) is 5.73 Å². The van der Waals surface area contributed by atoms with E-state index in [4.69, 9.17) is 5.73 Å². The largest absolute Gasteiger partial charge is 0.390 e. The Labute approximate surface area is 119 Å². The number of rotatable bonds is 2. The van der Waals surface area contributed by atoms with Crippen molar-refractivity contribution in [3.63, 3.8) is 0 Å². The average Bonchev–Trinajstić information content (AvgIpc) is 2.79. The molecule has 0 bridgehead atoms. The highest BCUT2D eigenvalue weighted by atomic mass is 32.1. The van der Waals surface area contributed by atoms with E-state index in [1.54, 1.807) is 11.3 Å². The van der Waals surface area contributed by atoms with Gasteiger partial charge in [0.2, 0.25) is 0 Å². The molecule has 0 aliphatic heterocycles. The van der Waals surface area contributed by atoms with Crippen LogP contribution in [0.2, 0.25) is 0 Å². The summed E-state index contributed by atoms with van der Waals surface area (Å²) in [6, 6.07) is 11.3. The van der Waals surface area contributed by atoms with Crippen LogP contribution in [0.4, 0.5) is 5.00 Å². The Kier molecular flexibility index (Phi) is 3.61. The molecule has 2 aromatic rings. The molecule has 0 atom stereocenters. The molecule has 1 nitrogen and oxygen atoms in total. The summed E-state index contributed by atoms with van der Waals surface area (Å²) in [6.45, 7) is 2.11. The molecule has 1 aliphatic carbocycles. The molecule has 2 heteroatoms. The van der Waals surface area contributed by atoms with Crippen LogP contribution in [-0.4, -0.2) is 0 Å². The normalized spacial score (nSPS) is 16.7. The topological polar surface area (TPSA) is 26.0 Å². The third-order valence-corrected chi connectivity index (χ3v) is 5.06. The minimum absolute atomic E-state index is 0.782. The van der Waals surface area contributed by atoms with Gasteiger partial charge in [0.1, 0.15) is 0 Å². The van der Waals surface area contributed by atoms with Crippen LogP contribution < -0.4 is 5.73 Å². The third-order valence-electron chi connectivity index (χ3n) is 4.18. The van der Waals surface area contributed by atoms with Gasteiger partial charge in [0.15, 0.2) is 0 Å². The Morgan fingerprint density at radius 1 is 1.05 bits per heavy atom. The number of anilines is 1. The molecule has 1 fully saturated rings. The number of aryl methyl sites for hydroxylation is 1. The average molecular weight is 271 g/mol. The summed E-state index contributed by atoms with van der Waals surface area (Å²) in [5.41, 5.74) is 10.0. The van der Waals surface area contributed by atoms with Gasteiger partial charge in [-0.15, -0.1) is 11.3 Å². The van der Waals surface area contributed by atoms with Crippen LogP contribution in [0, 0.1) is 6.92 Å². The van der Waals surface area contributed by atoms with E-state index < -0.39 is 0 Å². The predicted molar refractivity (Wildman–Crippen MR) is 84.7 cm³/mol. The summed E-state index contributed by atoms with van der Waals surface area (Å²) in [5.74, 6) is 0.782. The Morgan fingerprint density at radius 2 is 1.74 bits per heavy atom. The molecule has 19 heavy (non-hydrogen) atoms. The van der Waals surface area contributed by atoms with Gasteiger partial charge in [0, 0.05) is 10.4 Å². The highest BCUT2D eigenvalue weighted by Gasteiger charge is 2.15. The summed E-state index contributed by atoms with van der Waals surface area (Å²) in [4.78, 5) is 1.28. The van der Waals surface area contributed by atoms with Gasteiger partial charge in [-0.25, -0.2) is 0 Å². The fourth-order valence-electron chi connectivity index (χ4n) is 3.13.